The van der Waals surface area contributed by atoms with Gasteiger partial charge in [0.05, 0.1) is 34.4 Å². The van der Waals surface area contributed by atoms with E-state index in [2.05, 4.69) is 25.3 Å². The summed E-state index contributed by atoms with van der Waals surface area (Å²) in [6.07, 6.45) is -2.03. The number of halogens is 3. The highest BCUT2D eigenvalue weighted by atomic mass is 19.4. The number of carbonyl (C=O) groups is 1. The Hall–Kier alpha value is -4.41. The molecule has 0 aliphatic carbocycles. The van der Waals surface area contributed by atoms with Crippen LogP contribution in [-0.2, 0) is 13.2 Å². The maximum Gasteiger partial charge on any atom is 0.416 e. The van der Waals surface area contributed by atoms with Crippen molar-refractivity contribution in [3.8, 4) is 22.6 Å². The van der Waals surface area contributed by atoms with Crippen LogP contribution in [0.5, 0.6) is 0 Å². The quantitative estimate of drug-likeness (QED) is 0.415. The Morgan fingerprint density at radius 2 is 1.86 bits per heavy atom. The largest absolute Gasteiger partial charge is 0.416 e. The van der Waals surface area contributed by atoms with Crippen LogP contribution in [0.2, 0.25) is 0 Å². The maximum atomic E-state index is 13.6. The van der Waals surface area contributed by atoms with Crippen LogP contribution in [0.1, 0.15) is 12.0 Å². The second-order valence-corrected chi connectivity index (χ2v) is 9.05. The molecule has 1 aromatic carbocycles. The number of urea groups is 1. The predicted octanol–water partition coefficient (Wildman–Crippen LogP) is 5.19. The minimum absolute atomic E-state index is 0.114. The average Bonchev–Trinajstić information content (AvgIpc) is 3.50. The number of anilines is 3. The summed E-state index contributed by atoms with van der Waals surface area (Å²) in [5.74, 6) is 0.795. The lowest BCUT2D eigenvalue weighted by atomic mass is 10.1. The lowest BCUT2D eigenvalue weighted by Crippen LogP contribution is -2.48. The van der Waals surface area contributed by atoms with Gasteiger partial charge in [0.25, 0.3) is 0 Å². The summed E-state index contributed by atoms with van der Waals surface area (Å²) in [4.78, 5) is 26.6. The molecule has 5 heterocycles. The fourth-order valence-electron chi connectivity index (χ4n) is 4.93. The number of aromatic nitrogens is 4. The van der Waals surface area contributed by atoms with Gasteiger partial charge in [0.2, 0.25) is 0 Å². The topological polar surface area (TPSA) is 79.2 Å². The number of pyridine rings is 2. The van der Waals surface area contributed by atoms with Crippen LogP contribution in [0.4, 0.5) is 35.3 Å². The molecule has 37 heavy (non-hydrogen) atoms. The fourth-order valence-corrected chi connectivity index (χ4v) is 4.93. The number of rotatable bonds is 3. The average molecular weight is 506 g/mol. The van der Waals surface area contributed by atoms with Gasteiger partial charge in [0.15, 0.2) is 5.82 Å². The molecule has 6 rings (SSSR count). The third kappa shape index (κ3) is 4.15. The zero-order valence-corrected chi connectivity index (χ0v) is 19.8. The zero-order chi connectivity index (χ0) is 25.7. The molecule has 11 heteroatoms. The van der Waals surface area contributed by atoms with Crippen molar-refractivity contribution in [2.75, 3.05) is 28.2 Å². The highest BCUT2D eigenvalue weighted by Crippen LogP contribution is 2.41. The van der Waals surface area contributed by atoms with Gasteiger partial charge in [0, 0.05) is 31.9 Å². The molecular weight excluding hydrogens is 483 g/mol. The number of benzene rings is 1. The van der Waals surface area contributed by atoms with Crippen LogP contribution >= 0.6 is 0 Å². The van der Waals surface area contributed by atoms with Crippen molar-refractivity contribution in [3.63, 3.8) is 0 Å². The van der Waals surface area contributed by atoms with Gasteiger partial charge in [-0.25, -0.2) is 14.8 Å². The number of nitrogens with one attached hydrogen (secondary N) is 1. The lowest BCUT2D eigenvalue weighted by molar-refractivity contribution is -0.137. The van der Waals surface area contributed by atoms with Crippen molar-refractivity contribution in [3.05, 3.63) is 72.4 Å². The monoisotopic (exact) mass is 505 g/mol. The van der Waals surface area contributed by atoms with E-state index in [0.717, 1.165) is 36.5 Å². The van der Waals surface area contributed by atoms with Crippen molar-refractivity contribution in [1.82, 2.24) is 19.7 Å². The van der Waals surface area contributed by atoms with E-state index in [0.29, 0.717) is 35.1 Å². The van der Waals surface area contributed by atoms with Crippen LogP contribution < -0.4 is 15.1 Å². The van der Waals surface area contributed by atoms with Crippen molar-refractivity contribution < 1.29 is 18.0 Å². The Balaban J connectivity index is 1.34. The van der Waals surface area contributed by atoms with E-state index in [4.69, 9.17) is 0 Å². The fraction of sp³-hybridized carbons (Fsp3) is 0.231. The molecule has 0 radical (unpaired) electrons. The first-order chi connectivity index (χ1) is 17.8. The van der Waals surface area contributed by atoms with E-state index in [9.17, 15) is 18.0 Å². The third-order valence-electron chi connectivity index (χ3n) is 6.72. The summed E-state index contributed by atoms with van der Waals surface area (Å²) >= 11 is 0. The first kappa shape index (κ1) is 23.0. The van der Waals surface area contributed by atoms with Gasteiger partial charge in [-0.05, 0) is 48.9 Å². The lowest BCUT2D eigenvalue weighted by Gasteiger charge is -2.35. The molecule has 0 saturated carbocycles. The third-order valence-corrected chi connectivity index (χ3v) is 6.72. The zero-order valence-electron chi connectivity index (χ0n) is 19.8. The Bertz CT molecular complexity index is 1500. The second kappa shape index (κ2) is 8.61. The Morgan fingerprint density at radius 1 is 1.03 bits per heavy atom. The van der Waals surface area contributed by atoms with E-state index >= 15 is 0 Å². The Kier molecular flexibility index (Phi) is 5.36. The van der Waals surface area contributed by atoms with Crippen molar-refractivity contribution in [2.24, 2.45) is 7.05 Å². The van der Waals surface area contributed by atoms with Gasteiger partial charge in [-0.1, -0.05) is 18.2 Å². The summed E-state index contributed by atoms with van der Waals surface area (Å²) in [5.41, 5.74) is 2.18. The molecule has 1 atom stereocenters. The van der Waals surface area contributed by atoms with Gasteiger partial charge >= 0.3 is 12.2 Å². The molecule has 188 valence electrons. The maximum absolute atomic E-state index is 13.6. The first-order valence-corrected chi connectivity index (χ1v) is 11.8. The van der Waals surface area contributed by atoms with E-state index in [1.54, 1.807) is 40.0 Å². The first-order valence-electron chi connectivity index (χ1n) is 11.8. The van der Waals surface area contributed by atoms with Gasteiger partial charge in [-0.15, -0.1) is 0 Å². The minimum atomic E-state index is -4.46. The van der Waals surface area contributed by atoms with Crippen LogP contribution in [0, 0.1) is 0 Å². The molecule has 1 unspecified atom stereocenters. The van der Waals surface area contributed by atoms with Crippen LogP contribution in [-0.4, -0.2) is 44.9 Å². The van der Waals surface area contributed by atoms with Crippen LogP contribution in [0.15, 0.2) is 66.9 Å². The Labute approximate surface area is 210 Å². The minimum Gasteiger partial charge on any atom is -0.366 e. The molecule has 2 aliphatic rings. The van der Waals surface area contributed by atoms with Crippen molar-refractivity contribution in [1.29, 1.82) is 0 Å². The number of amides is 2. The number of hydrogen-bond donors (Lipinski definition) is 1. The SMILES string of the molecule is Cn1nccc1-c1cccc(NC(=O)N2c3nc(-c4cccc(C(F)(F)F)c4)ccc3N3CCC2C3)n1. The second-order valence-electron chi connectivity index (χ2n) is 9.05. The summed E-state index contributed by atoms with van der Waals surface area (Å²) in [6.45, 7) is 1.42. The molecule has 2 bridgehead atoms. The standard InChI is InChI=1S/C26H22F3N7O/c1-34-21(10-12-30-34)20-6-3-7-23(31-20)33-25(37)36-18-11-13-35(15-18)22-9-8-19(32-24(22)36)16-4-2-5-17(14-16)26(27,28)29/h2-10,12,14,18H,11,13,15H2,1H3,(H,31,33,37). The highest BCUT2D eigenvalue weighted by Gasteiger charge is 2.40. The van der Waals surface area contributed by atoms with Gasteiger partial charge in [0.1, 0.15) is 5.82 Å². The van der Waals surface area contributed by atoms with E-state index in [1.165, 1.54) is 6.07 Å². The molecule has 1 fully saturated rings. The normalized spacial score (nSPS) is 16.6. The number of hydrogen-bond acceptors (Lipinski definition) is 5. The number of fused-ring (bicyclic) bond motifs is 4. The molecule has 0 spiro atoms. The predicted molar refractivity (Wildman–Crippen MR) is 133 cm³/mol. The van der Waals surface area contributed by atoms with Gasteiger partial charge in [-0.2, -0.15) is 18.3 Å². The summed E-state index contributed by atoms with van der Waals surface area (Å²) in [5, 5.41) is 7.05. The number of carbonyl (C=O) groups excluding carboxylic acids is 1. The molecule has 8 nitrogen and oxygen atoms in total. The molecule has 2 aliphatic heterocycles. The molecule has 4 aromatic rings. The molecule has 1 N–H and O–H groups in total. The van der Waals surface area contributed by atoms with Crippen LogP contribution in [0.25, 0.3) is 22.6 Å². The highest BCUT2D eigenvalue weighted by molar-refractivity contribution is 6.04. The molecule has 1 saturated heterocycles. The van der Waals surface area contributed by atoms with E-state index in [-0.39, 0.29) is 6.04 Å². The molecular formula is C26H22F3N7O. The summed E-state index contributed by atoms with van der Waals surface area (Å²) < 4.78 is 41.5. The van der Waals surface area contributed by atoms with E-state index in [1.807, 2.05) is 25.2 Å². The smallest absolute Gasteiger partial charge is 0.366 e. The number of alkyl halides is 3. The number of aryl methyl sites for hydroxylation is 1. The van der Waals surface area contributed by atoms with Crippen LogP contribution in [0.3, 0.4) is 0 Å². The van der Waals surface area contributed by atoms with E-state index < -0.39 is 17.8 Å². The molecule has 2 amide bonds. The number of nitrogens with zero attached hydrogens (tertiary/aromatic N) is 6. The molecule has 3 aromatic heterocycles. The van der Waals surface area contributed by atoms with Gasteiger partial charge < -0.3 is 4.90 Å². The van der Waals surface area contributed by atoms with Crippen molar-refractivity contribution in [2.45, 2.75) is 18.6 Å². The summed E-state index contributed by atoms with van der Waals surface area (Å²) in [6, 6.07) is 15.2. The Morgan fingerprint density at radius 3 is 2.65 bits per heavy atom. The van der Waals surface area contributed by atoms with Gasteiger partial charge in [-0.3, -0.25) is 14.9 Å². The van der Waals surface area contributed by atoms with Crippen molar-refractivity contribution >= 4 is 23.4 Å². The summed E-state index contributed by atoms with van der Waals surface area (Å²) in [7, 11) is 1.81.